The van der Waals surface area contributed by atoms with E-state index in [1.165, 1.54) is 12.1 Å². The van der Waals surface area contributed by atoms with Crippen molar-refractivity contribution in [3.8, 4) is 6.07 Å². The van der Waals surface area contributed by atoms with Crippen molar-refractivity contribution in [3.63, 3.8) is 0 Å². The van der Waals surface area contributed by atoms with Crippen LogP contribution >= 0.6 is 11.8 Å². The number of hydrogen-bond acceptors (Lipinski definition) is 3. The predicted molar refractivity (Wildman–Crippen MR) is 69.0 cm³/mol. The molecule has 2 atom stereocenters. The van der Waals surface area contributed by atoms with Gasteiger partial charge in [-0.25, -0.2) is 13.2 Å². The lowest BCUT2D eigenvalue weighted by molar-refractivity contribution is -0.267. The number of carboxylic acid groups (broad SMARTS) is 1. The Kier molecular flexibility index (Phi) is 5.93. The molecule has 0 aliphatic rings. The number of carboxylic acids is 1. The molecule has 0 aromatic heterocycles. The third kappa shape index (κ3) is 4.31. The molecule has 1 aromatic carbocycles. The molecule has 0 amide bonds. The molecule has 0 heterocycles. The number of benzene rings is 1. The Hall–Kier alpha value is -1.89. The van der Waals surface area contributed by atoms with Crippen molar-refractivity contribution < 1.29 is 36.2 Å². The lowest BCUT2D eigenvalue weighted by atomic mass is 9.99. The van der Waals surface area contributed by atoms with Crippen LogP contribution in [0.4, 0.5) is 26.3 Å². The summed E-state index contributed by atoms with van der Waals surface area (Å²) < 4.78 is 77.9. The van der Waals surface area contributed by atoms with Crippen LogP contribution in [0.2, 0.25) is 0 Å². The van der Waals surface area contributed by atoms with Gasteiger partial charge < -0.3 is 5.11 Å². The molecule has 0 radical (unpaired) electrons. The Morgan fingerprint density at radius 3 is 2.09 bits per heavy atom. The second-order valence-electron chi connectivity index (χ2n) is 4.41. The highest BCUT2D eigenvalue weighted by atomic mass is 32.2. The van der Waals surface area contributed by atoms with Gasteiger partial charge in [-0.1, -0.05) is 0 Å². The lowest BCUT2D eigenvalue weighted by Gasteiger charge is -2.33. The Labute approximate surface area is 130 Å². The van der Waals surface area contributed by atoms with Gasteiger partial charge in [0.1, 0.15) is 0 Å². The summed E-state index contributed by atoms with van der Waals surface area (Å²) in [7, 11) is 0. The molecule has 10 heteroatoms. The van der Waals surface area contributed by atoms with Crippen LogP contribution in [0.5, 0.6) is 0 Å². The van der Waals surface area contributed by atoms with E-state index in [1.807, 2.05) is 0 Å². The fraction of sp³-hybridized carbons (Fsp3) is 0.385. The van der Waals surface area contributed by atoms with Gasteiger partial charge in [0.25, 0.3) is 12.1 Å². The van der Waals surface area contributed by atoms with Gasteiger partial charge >= 0.3 is 12.1 Å². The first kappa shape index (κ1) is 19.2. The van der Waals surface area contributed by atoms with Crippen LogP contribution in [0.3, 0.4) is 0 Å². The standard InChI is InChI=1S/C13H9F6NO2S/c14-11(15)12(16,13(17,18)19)9(5-10(21)22)23-8-3-1-7(6-20)2-4-8/h1-4,9,11H,5H2,(H,21,22). The van der Waals surface area contributed by atoms with Crippen LogP contribution in [-0.2, 0) is 4.79 Å². The van der Waals surface area contributed by atoms with Gasteiger partial charge in [0.15, 0.2) is 0 Å². The number of aliphatic carboxylic acids is 1. The summed E-state index contributed by atoms with van der Waals surface area (Å²) in [6.07, 6.45) is -11.8. The maximum Gasteiger partial charge on any atom is 0.429 e. The second-order valence-corrected chi connectivity index (χ2v) is 5.68. The van der Waals surface area contributed by atoms with Crippen LogP contribution < -0.4 is 0 Å². The van der Waals surface area contributed by atoms with Crippen molar-refractivity contribution in [2.75, 3.05) is 0 Å². The number of rotatable bonds is 6. The van der Waals surface area contributed by atoms with Gasteiger partial charge in [0.2, 0.25) is 0 Å². The third-order valence-electron chi connectivity index (χ3n) is 2.84. The van der Waals surface area contributed by atoms with Gasteiger partial charge in [-0.05, 0) is 24.3 Å². The topological polar surface area (TPSA) is 61.1 Å². The zero-order chi connectivity index (χ0) is 17.8. The zero-order valence-corrected chi connectivity index (χ0v) is 12.0. The van der Waals surface area contributed by atoms with Gasteiger partial charge in [-0.3, -0.25) is 4.79 Å². The highest BCUT2D eigenvalue weighted by molar-refractivity contribution is 8.00. The summed E-state index contributed by atoms with van der Waals surface area (Å²) in [5, 5.41) is 14.6. The summed E-state index contributed by atoms with van der Waals surface area (Å²) in [4.78, 5) is 10.6. The molecule has 1 N–H and O–H groups in total. The monoisotopic (exact) mass is 357 g/mol. The smallest absolute Gasteiger partial charge is 0.429 e. The van der Waals surface area contributed by atoms with E-state index in [1.54, 1.807) is 6.07 Å². The molecule has 126 valence electrons. The number of carbonyl (C=O) groups is 1. The van der Waals surface area contributed by atoms with Crippen LogP contribution in [0.25, 0.3) is 0 Å². The Bertz CT molecular complexity index is 598. The minimum atomic E-state index is -5.94. The van der Waals surface area contributed by atoms with E-state index in [-0.39, 0.29) is 22.2 Å². The SMILES string of the molecule is N#Cc1ccc(SC(CC(=O)O)C(F)(C(F)F)C(F)(F)F)cc1. The number of hydrogen-bond donors (Lipinski definition) is 1. The highest BCUT2D eigenvalue weighted by Crippen LogP contribution is 2.48. The number of thioether (sulfide) groups is 1. The quantitative estimate of drug-likeness (QED) is 0.617. The normalized spacial score (nSPS) is 15.7. The molecule has 3 nitrogen and oxygen atoms in total. The molecule has 0 saturated carbocycles. The minimum absolute atomic E-state index is 0.0331. The summed E-state index contributed by atoms with van der Waals surface area (Å²) in [6, 6.07) is 6.37. The summed E-state index contributed by atoms with van der Waals surface area (Å²) in [5.41, 5.74) is -4.83. The first-order valence-electron chi connectivity index (χ1n) is 5.94. The van der Waals surface area contributed by atoms with Crippen molar-refractivity contribution in [2.45, 2.75) is 34.8 Å². The average Bonchev–Trinajstić information content (AvgIpc) is 2.44. The Morgan fingerprint density at radius 2 is 1.74 bits per heavy atom. The number of nitrogens with zero attached hydrogens (tertiary/aromatic N) is 1. The van der Waals surface area contributed by atoms with E-state index in [9.17, 15) is 31.1 Å². The number of alkyl halides is 6. The van der Waals surface area contributed by atoms with E-state index < -0.39 is 35.9 Å². The van der Waals surface area contributed by atoms with E-state index in [2.05, 4.69) is 0 Å². The number of halogens is 6. The van der Waals surface area contributed by atoms with Gasteiger partial charge in [-0.2, -0.15) is 18.4 Å². The molecule has 2 unspecified atom stereocenters. The van der Waals surface area contributed by atoms with Crippen molar-refractivity contribution in [1.82, 2.24) is 0 Å². The lowest BCUT2D eigenvalue weighted by Crippen LogP contribution is -2.55. The maximum atomic E-state index is 14.1. The number of nitriles is 1. The molecular formula is C13H9F6NO2S. The Balaban J connectivity index is 3.21. The Morgan fingerprint density at radius 1 is 1.22 bits per heavy atom. The van der Waals surface area contributed by atoms with Crippen LogP contribution in [0.15, 0.2) is 29.2 Å². The second kappa shape index (κ2) is 7.12. The summed E-state index contributed by atoms with van der Waals surface area (Å²) in [5.74, 6) is -1.84. The van der Waals surface area contributed by atoms with Crippen LogP contribution in [0.1, 0.15) is 12.0 Å². The van der Waals surface area contributed by atoms with E-state index in [0.717, 1.165) is 12.1 Å². The van der Waals surface area contributed by atoms with E-state index in [0.29, 0.717) is 0 Å². The van der Waals surface area contributed by atoms with Crippen LogP contribution in [-0.4, -0.2) is 34.6 Å². The predicted octanol–water partition coefficient (Wildman–Crippen LogP) is 4.03. The summed E-state index contributed by atoms with van der Waals surface area (Å²) >= 11 is 0.0331. The minimum Gasteiger partial charge on any atom is -0.481 e. The van der Waals surface area contributed by atoms with Crippen molar-refractivity contribution >= 4 is 17.7 Å². The third-order valence-corrected chi connectivity index (χ3v) is 4.18. The first-order valence-corrected chi connectivity index (χ1v) is 6.82. The van der Waals surface area contributed by atoms with Gasteiger partial charge in [-0.15, -0.1) is 11.8 Å². The molecule has 0 fully saturated rings. The molecule has 0 spiro atoms. The first-order chi connectivity index (χ1) is 10.5. The van der Waals surface area contributed by atoms with Crippen molar-refractivity contribution in [2.24, 2.45) is 0 Å². The highest BCUT2D eigenvalue weighted by Gasteiger charge is 2.67. The maximum absolute atomic E-state index is 14.1. The largest absolute Gasteiger partial charge is 0.481 e. The molecule has 1 aromatic rings. The summed E-state index contributed by atoms with van der Waals surface area (Å²) in [6.45, 7) is 0. The fourth-order valence-corrected chi connectivity index (χ4v) is 2.91. The van der Waals surface area contributed by atoms with Gasteiger partial charge in [0.05, 0.1) is 23.3 Å². The molecule has 23 heavy (non-hydrogen) atoms. The zero-order valence-electron chi connectivity index (χ0n) is 11.1. The van der Waals surface area contributed by atoms with E-state index >= 15 is 0 Å². The van der Waals surface area contributed by atoms with E-state index in [4.69, 9.17) is 10.4 Å². The fourth-order valence-electron chi connectivity index (χ4n) is 1.65. The molecule has 0 saturated heterocycles. The van der Waals surface area contributed by atoms with Crippen molar-refractivity contribution in [3.05, 3.63) is 29.8 Å². The molecule has 0 aliphatic heterocycles. The molecular weight excluding hydrogens is 348 g/mol. The average molecular weight is 357 g/mol. The van der Waals surface area contributed by atoms with Gasteiger partial charge in [0, 0.05) is 4.90 Å². The molecule has 0 aliphatic carbocycles. The van der Waals surface area contributed by atoms with Crippen molar-refractivity contribution in [1.29, 1.82) is 5.26 Å². The molecule has 0 bridgehead atoms. The molecule has 1 rings (SSSR count). The van der Waals surface area contributed by atoms with Crippen LogP contribution in [0, 0.1) is 11.3 Å².